The average molecular weight is 262 g/mol. The highest BCUT2D eigenvalue weighted by molar-refractivity contribution is 5.77. The highest BCUT2D eigenvalue weighted by Crippen LogP contribution is 2.16. The number of nitrogens with zero attached hydrogens (tertiary/aromatic N) is 1. The number of nitrogens with one attached hydrogen (secondary N) is 1. The number of para-hydroxylation sites is 1. The van der Waals surface area contributed by atoms with Crippen LogP contribution in [0.2, 0.25) is 0 Å². The fourth-order valence-corrected chi connectivity index (χ4v) is 1.49. The zero-order chi connectivity index (χ0) is 14.1. The van der Waals surface area contributed by atoms with Gasteiger partial charge in [0.1, 0.15) is 11.8 Å². The van der Waals surface area contributed by atoms with Gasteiger partial charge < -0.3 is 15.2 Å². The Kier molecular flexibility index (Phi) is 6.41. The number of carbonyl (C=O) groups is 1. The van der Waals surface area contributed by atoms with Gasteiger partial charge in [0.2, 0.25) is 0 Å². The molecule has 0 aliphatic rings. The predicted molar refractivity (Wildman–Crippen MR) is 70.5 cm³/mol. The first kappa shape index (κ1) is 15.0. The van der Waals surface area contributed by atoms with Crippen LogP contribution in [0.4, 0.5) is 0 Å². The molecule has 2 N–H and O–H groups in total. The molecule has 0 aliphatic heterocycles. The molecule has 19 heavy (non-hydrogen) atoms. The molecule has 0 saturated heterocycles. The van der Waals surface area contributed by atoms with Gasteiger partial charge in [-0.2, -0.15) is 5.26 Å². The molecule has 102 valence electrons. The van der Waals surface area contributed by atoms with Crippen LogP contribution in [0, 0.1) is 17.2 Å². The topological polar surface area (TPSA) is 82.3 Å². The van der Waals surface area contributed by atoms with E-state index in [-0.39, 0.29) is 25.0 Å². The second-order valence-corrected chi connectivity index (χ2v) is 4.32. The summed E-state index contributed by atoms with van der Waals surface area (Å²) in [7, 11) is 0. The maximum Gasteiger partial charge on any atom is 0.257 e. The third kappa shape index (κ3) is 5.40. The average Bonchev–Trinajstić information content (AvgIpc) is 2.43. The molecule has 1 amide bonds. The number of carbonyl (C=O) groups excluding carboxylic acids is 1. The van der Waals surface area contributed by atoms with Crippen LogP contribution in [0.1, 0.15) is 18.9 Å². The zero-order valence-electron chi connectivity index (χ0n) is 10.9. The third-order valence-corrected chi connectivity index (χ3v) is 2.64. The minimum atomic E-state index is -0.238. The molecule has 5 nitrogen and oxygen atoms in total. The van der Waals surface area contributed by atoms with Gasteiger partial charge in [0.05, 0.1) is 5.56 Å². The molecule has 0 radical (unpaired) electrons. The Hall–Kier alpha value is -2.06. The first-order valence-corrected chi connectivity index (χ1v) is 6.17. The Bertz CT molecular complexity index is 454. The van der Waals surface area contributed by atoms with Crippen molar-refractivity contribution >= 4 is 5.91 Å². The van der Waals surface area contributed by atoms with E-state index in [2.05, 4.69) is 5.32 Å². The number of amides is 1. The van der Waals surface area contributed by atoms with Crippen molar-refractivity contribution in [1.82, 2.24) is 5.32 Å². The van der Waals surface area contributed by atoms with Crippen LogP contribution in [0.5, 0.6) is 5.75 Å². The Balaban J connectivity index is 2.36. The number of benzene rings is 1. The number of nitriles is 1. The van der Waals surface area contributed by atoms with E-state index >= 15 is 0 Å². The van der Waals surface area contributed by atoms with Crippen LogP contribution in [-0.4, -0.2) is 30.8 Å². The van der Waals surface area contributed by atoms with Crippen LogP contribution in [0.3, 0.4) is 0 Å². The molecule has 0 bridgehead atoms. The Morgan fingerprint density at radius 1 is 1.53 bits per heavy atom. The summed E-state index contributed by atoms with van der Waals surface area (Å²) in [5.74, 6) is 0.390. The van der Waals surface area contributed by atoms with Gasteiger partial charge >= 0.3 is 0 Å². The maximum atomic E-state index is 11.5. The van der Waals surface area contributed by atoms with Crippen LogP contribution < -0.4 is 10.1 Å². The standard InChI is InChI=1S/C14H18N2O3/c1-11(6-7-17)9-16-14(18)10-19-13-5-3-2-4-12(13)8-15/h2-5,11,17H,6-7,9-10H2,1H3,(H,16,18). The summed E-state index contributed by atoms with van der Waals surface area (Å²) in [6, 6.07) is 8.78. The lowest BCUT2D eigenvalue weighted by Gasteiger charge is -2.12. The van der Waals surface area contributed by atoms with E-state index in [1.54, 1.807) is 24.3 Å². The highest BCUT2D eigenvalue weighted by atomic mass is 16.5. The molecule has 1 unspecified atom stereocenters. The summed E-state index contributed by atoms with van der Waals surface area (Å²) in [4.78, 5) is 11.5. The van der Waals surface area contributed by atoms with E-state index in [9.17, 15) is 4.79 Å². The molecule has 0 spiro atoms. The van der Waals surface area contributed by atoms with Crippen LogP contribution >= 0.6 is 0 Å². The summed E-state index contributed by atoms with van der Waals surface area (Å²) in [5.41, 5.74) is 0.406. The molecule has 5 heteroatoms. The molecular weight excluding hydrogens is 244 g/mol. The van der Waals surface area contributed by atoms with Crippen molar-refractivity contribution in [3.05, 3.63) is 29.8 Å². The van der Waals surface area contributed by atoms with Gasteiger partial charge in [0.25, 0.3) is 5.91 Å². The van der Waals surface area contributed by atoms with Crippen LogP contribution in [0.15, 0.2) is 24.3 Å². The molecule has 0 fully saturated rings. The summed E-state index contributed by atoms with van der Waals surface area (Å²) < 4.78 is 5.30. The van der Waals surface area contributed by atoms with E-state index in [4.69, 9.17) is 15.1 Å². The van der Waals surface area contributed by atoms with E-state index in [1.807, 2.05) is 13.0 Å². The van der Waals surface area contributed by atoms with Crippen molar-refractivity contribution < 1.29 is 14.6 Å². The first-order valence-electron chi connectivity index (χ1n) is 6.17. The number of hydrogen-bond acceptors (Lipinski definition) is 4. The molecular formula is C14H18N2O3. The van der Waals surface area contributed by atoms with Crippen molar-refractivity contribution in [3.63, 3.8) is 0 Å². The lowest BCUT2D eigenvalue weighted by molar-refractivity contribution is -0.123. The Morgan fingerprint density at radius 2 is 2.26 bits per heavy atom. The van der Waals surface area contributed by atoms with Crippen LogP contribution in [0.25, 0.3) is 0 Å². The number of rotatable bonds is 7. The molecule has 0 aliphatic carbocycles. The molecule has 1 atom stereocenters. The van der Waals surface area contributed by atoms with E-state index in [0.29, 0.717) is 24.3 Å². The molecule has 0 saturated carbocycles. The normalized spacial score (nSPS) is 11.4. The lowest BCUT2D eigenvalue weighted by atomic mass is 10.1. The summed E-state index contributed by atoms with van der Waals surface area (Å²) >= 11 is 0. The highest BCUT2D eigenvalue weighted by Gasteiger charge is 2.07. The SMILES string of the molecule is CC(CCO)CNC(=O)COc1ccccc1C#N. The fraction of sp³-hybridized carbons (Fsp3) is 0.429. The molecule has 1 aromatic rings. The largest absolute Gasteiger partial charge is 0.482 e. The number of ether oxygens (including phenoxy) is 1. The van der Waals surface area contributed by atoms with Gasteiger partial charge in [-0.05, 0) is 24.5 Å². The second-order valence-electron chi connectivity index (χ2n) is 4.32. The van der Waals surface area contributed by atoms with Gasteiger partial charge in [-0.15, -0.1) is 0 Å². The van der Waals surface area contributed by atoms with Gasteiger partial charge in [-0.25, -0.2) is 0 Å². The molecule has 1 aromatic carbocycles. The van der Waals surface area contributed by atoms with Crippen molar-refractivity contribution in [2.24, 2.45) is 5.92 Å². The van der Waals surface area contributed by atoms with E-state index < -0.39 is 0 Å². The zero-order valence-corrected chi connectivity index (χ0v) is 10.9. The van der Waals surface area contributed by atoms with Gasteiger partial charge in [0.15, 0.2) is 6.61 Å². The Labute approximate surface area is 112 Å². The molecule has 1 rings (SSSR count). The summed E-state index contributed by atoms with van der Waals surface area (Å²) in [6.45, 7) is 2.44. The minimum absolute atomic E-state index is 0.114. The second kappa shape index (κ2) is 8.11. The van der Waals surface area contributed by atoms with Gasteiger partial charge in [-0.1, -0.05) is 19.1 Å². The summed E-state index contributed by atoms with van der Waals surface area (Å²) in [6.07, 6.45) is 0.651. The molecule has 0 aromatic heterocycles. The van der Waals surface area contributed by atoms with Gasteiger partial charge in [0, 0.05) is 13.2 Å². The molecule has 0 heterocycles. The number of hydrogen-bond donors (Lipinski definition) is 2. The number of aliphatic hydroxyl groups is 1. The minimum Gasteiger partial charge on any atom is -0.482 e. The quantitative estimate of drug-likeness (QED) is 0.770. The third-order valence-electron chi connectivity index (χ3n) is 2.64. The van der Waals surface area contributed by atoms with E-state index in [0.717, 1.165) is 0 Å². The summed E-state index contributed by atoms with van der Waals surface area (Å²) in [5, 5.41) is 20.3. The van der Waals surface area contributed by atoms with Crippen molar-refractivity contribution in [3.8, 4) is 11.8 Å². The number of aliphatic hydroxyl groups excluding tert-OH is 1. The smallest absolute Gasteiger partial charge is 0.257 e. The fourth-order valence-electron chi connectivity index (χ4n) is 1.49. The van der Waals surface area contributed by atoms with Crippen molar-refractivity contribution in [2.45, 2.75) is 13.3 Å². The van der Waals surface area contributed by atoms with Crippen molar-refractivity contribution in [1.29, 1.82) is 5.26 Å². The first-order chi connectivity index (χ1) is 9.17. The van der Waals surface area contributed by atoms with E-state index in [1.165, 1.54) is 0 Å². The Morgan fingerprint density at radius 3 is 2.95 bits per heavy atom. The maximum absolute atomic E-state index is 11.5. The lowest BCUT2D eigenvalue weighted by Crippen LogP contribution is -2.32. The van der Waals surface area contributed by atoms with Gasteiger partial charge in [-0.3, -0.25) is 4.79 Å². The monoisotopic (exact) mass is 262 g/mol. The van der Waals surface area contributed by atoms with Crippen molar-refractivity contribution in [2.75, 3.05) is 19.8 Å². The van der Waals surface area contributed by atoms with Crippen LogP contribution in [-0.2, 0) is 4.79 Å². The predicted octanol–water partition coefficient (Wildman–Crippen LogP) is 1.07.